The van der Waals surface area contributed by atoms with Crippen molar-refractivity contribution in [3.8, 4) is 17.2 Å². The Morgan fingerprint density at radius 3 is 2.78 bits per heavy atom. The number of nitro groups is 1. The Hall–Kier alpha value is -3.29. The number of rotatable bonds is 5. The van der Waals surface area contributed by atoms with E-state index in [1.54, 1.807) is 6.07 Å². The van der Waals surface area contributed by atoms with Crippen LogP contribution in [-0.4, -0.2) is 20.0 Å². The van der Waals surface area contributed by atoms with Crippen molar-refractivity contribution in [3.05, 3.63) is 64.1 Å². The summed E-state index contributed by atoms with van der Waals surface area (Å²) >= 11 is 0. The molecule has 0 atom stereocenters. The predicted octanol–water partition coefficient (Wildman–Crippen LogP) is 2.93. The first-order valence-corrected chi connectivity index (χ1v) is 6.75. The number of aromatic nitrogens is 3. The SMILES string of the molecule is Cc1ccc(-c2nc(COc3cccnc3[N+](=O)[O-])no2)cc1. The Balaban J connectivity index is 1.73. The Labute approximate surface area is 130 Å². The topological polar surface area (TPSA) is 104 Å². The molecular weight excluding hydrogens is 300 g/mol. The fourth-order valence-corrected chi connectivity index (χ4v) is 1.90. The van der Waals surface area contributed by atoms with Crippen LogP contribution in [0.2, 0.25) is 0 Å². The Kier molecular flexibility index (Phi) is 3.96. The molecule has 23 heavy (non-hydrogen) atoms. The summed E-state index contributed by atoms with van der Waals surface area (Å²) < 4.78 is 10.5. The highest BCUT2D eigenvalue weighted by molar-refractivity contribution is 5.53. The van der Waals surface area contributed by atoms with Crippen molar-refractivity contribution >= 4 is 5.82 Å². The van der Waals surface area contributed by atoms with Gasteiger partial charge in [-0.1, -0.05) is 22.9 Å². The molecule has 2 heterocycles. The summed E-state index contributed by atoms with van der Waals surface area (Å²) in [5, 5.41) is 14.7. The van der Waals surface area contributed by atoms with Gasteiger partial charge >= 0.3 is 5.82 Å². The molecule has 0 saturated carbocycles. The van der Waals surface area contributed by atoms with Crippen LogP contribution in [0.4, 0.5) is 5.82 Å². The molecule has 0 amide bonds. The van der Waals surface area contributed by atoms with Gasteiger partial charge in [-0.25, -0.2) is 0 Å². The maximum atomic E-state index is 10.9. The van der Waals surface area contributed by atoms with E-state index in [0.717, 1.165) is 11.1 Å². The summed E-state index contributed by atoms with van der Waals surface area (Å²) in [6.45, 7) is 1.93. The molecule has 8 nitrogen and oxygen atoms in total. The van der Waals surface area contributed by atoms with Gasteiger partial charge in [-0.05, 0) is 41.1 Å². The molecule has 2 aromatic heterocycles. The summed E-state index contributed by atoms with van der Waals surface area (Å²) in [6.07, 6.45) is 1.33. The standard InChI is InChI=1S/C15H12N4O4/c1-10-4-6-11(7-5-10)15-17-13(18-23-15)9-22-12-3-2-8-16-14(12)19(20)21/h2-8H,9H2,1H3. The lowest BCUT2D eigenvalue weighted by Gasteiger charge is -2.02. The monoisotopic (exact) mass is 312 g/mol. The number of pyridine rings is 1. The first-order valence-electron chi connectivity index (χ1n) is 6.75. The van der Waals surface area contributed by atoms with Gasteiger partial charge in [0, 0.05) is 5.56 Å². The van der Waals surface area contributed by atoms with E-state index < -0.39 is 4.92 Å². The third-order valence-corrected chi connectivity index (χ3v) is 3.05. The van der Waals surface area contributed by atoms with Crippen molar-refractivity contribution in [3.63, 3.8) is 0 Å². The van der Waals surface area contributed by atoms with E-state index in [2.05, 4.69) is 15.1 Å². The van der Waals surface area contributed by atoms with Crippen LogP contribution in [0, 0.1) is 17.0 Å². The van der Waals surface area contributed by atoms with E-state index >= 15 is 0 Å². The van der Waals surface area contributed by atoms with Crippen LogP contribution in [0.1, 0.15) is 11.4 Å². The van der Waals surface area contributed by atoms with Crippen molar-refractivity contribution in [2.45, 2.75) is 13.5 Å². The zero-order chi connectivity index (χ0) is 16.2. The molecule has 0 aliphatic carbocycles. The minimum Gasteiger partial charge on any atom is -0.477 e. The number of ether oxygens (including phenoxy) is 1. The number of benzene rings is 1. The van der Waals surface area contributed by atoms with Crippen molar-refractivity contribution in [2.24, 2.45) is 0 Å². The number of aryl methyl sites for hydroxylation is 1. The molecular formula is C15H12N4O4. The average molecular weight is 312 g/mol. The van der Waals surface area contributed by atoms with Gasteiger partial charge in [-0.2, -0.15) is 4.98 Å². The van der Waals surface area contributed by atoms with Gasteiger partial charge in [0.05, 0.1) is 0 Å². The van der Waals surface area contributed by atoms with Crippen LogP contribution in [0.3, 0.4) is 0 Å². The zero-order valence-electron chi connectivity index (χ0n) is 12.2. The quantitative estimate of drug-likeness (QED) is 0.527. The van der Waals surface area contributed by atoms with E-state index in [1.165, 1.54) is 12.3 Å². The molecule has 0 aliphatic rings. The summed E-state index contributed by atoms with van der Waals surface area (Å²) in [5.41, 5.74) is 1.92. The second kappa shape index (κ2) is 6.22. The highest BCUT2D eigenvalue weighted by Crippen LogP contribution is 2.24. The molecule has 0 fully saturated rings. The zero-order valence-corrected chi connectivity index (χ0v) is 12.2. The smallest absolute Gasteiger partial charge is 0.406 e. The summed E-state index contributed by atoms with van der Waals surface area (Å²) in [5.74, 6) is 0.358. The molecule has 3 rings (SSSR count). The van der Waals surface area contributed by atoms with E-state index in [1.807, 2.05) is 31.2 Å². The summed E-state index contributed by atoms with van der Waals surface area (Å²) in [6, 6.07) is 10.6. The van der Waals surface area contributed by atoms with Crippen molar-refractivity contribution in [1.82, 2.24) is 15.1 Å². The first kappa shape index (κ1) is 14.6. The molecule has 0 bridgehead atoms. The van der Waals surface area contributed by atoms with Gasteiger partial charge in [0.25, 0.3) is 5.89 Å². The molecule has 0 spiro atoms. The highest BCUT2D eigenvalue weighted by atomic mass is 16.6. The lowest BCUT2D eigenvalue weighted by Crippen LogP contribution is -2.01. The molecule has 1 aromatic carbocycles. The molecule has 0 aliphatic heterocycles. The van der Waals surface area contributed by atoms with Crippen LogP contribution in [0.5, 0.6) is 5.75 Å². The van der Waals surface area contributed by atoms with Gasteiger partial charge in [-0.3, -0.25) is 0 Å². The van der Waals surface area contributed by atoms with Crippen LogP contribution in [0.15, 0.2) is 47.1 Å². The van der Waals surface area contributed by atoms with Crippen LogP contribution in [0.25, 0.3) is 11.5 Å². The van der Waals surface area contributed by atoms with E-state index in [4.69, 9.17) is 9.26 Å². The summed E-state index contributed by atoms with van der Waals surface area (Å²) in [4.78, 5) is 18.1. The second-order valence-corrected chi connectivity index (χ2v) is 4.75. The largest absolute Gasteiger partial charge is 0.477 e. The fourth-order valence-electron chi connectivity index (χ4n) is 1.90. The third kappa shape index (κ3) is 3.31. The van der Waals surface area contributed by atoms with Gasteiger partial charge < -0.3 is 19.4 Å². The molecule has 116 valence electrons. The Morgan fingerprint density at radius 2 is 2.04 bits per heavy atom. The van der Waals surface area contributed by atoms with Crippen LogP contribution in [-0.2, 0) is 6.61 Å². The maximum Gasteiger partial charge on any atom is 0.406 e. The lowest BCUT2D eigenvalue weighted by molar-refractivity contribution is -0.390. The lowest BCUT2D eigenvalue weighted by atomic mass is 10.1. The molecule has 3 aromatic rings. The Bertz CT molecular complexity index is 830. The number of hydrogen-bond acceptors (Lipinski definition) is 7. The number of hydrogen-bond donors (Lipinski definition) is 0. The normalized spacial score (nSPS) is 10.5. The molecule has 0 radical (unpaired) electrons. The first-order chi connectivity index (χ1) is 11.1. The molecule has 8 heteroatoms. The van der Waals surface area contributed by atoms with Crippen molar-refractivity contribution in [2.75, 3.05) is 0 Å². The highest BCUT2D eigenvalue weighted by Gasteiger charge is 2.17. The summed E-state index contributed by atoms with van der Waals surface area (Å²) in [7, 11) is 0. The van der Waals surface area contributed by atoms with Gasteiger partial charge in [0.15, 0.2) is 6.61 Å². The van der Waals surface area contributed by atoms with Crippen molar-refractivity contribution < 1.29 is 14.2 Å². The van der Waals surface area contributed by atoms with E-state index in [-0.39, 0.29) is 18.2 Å². The molecule has 0 saturated heterocycles. The molecule has 0 unspecified atom stereocenters. The predicted molar refractivity (Wildman–Crippen MR) is 79.7 cm³/mol. The second-order valence-electron chi connectivity index (χ2n) is 4.75. The van der Waals surface area contributed by atoms with Crippen LogP contribution >= 0.6 is 0 Å². The molecule has 0 N–H and O–H groups in total. The van der Waals surface area contributed by atoms with Gasteiger partial charge in [0.1, 0.15) is 6.20 Å². The van der Waals surface area contributed by atoms with Gasteiger partial charge in [-0.15, -0.1) is 0 Å². The number of nitrogens with zero attached hydrogens (tertiary/aromatic N) is 4. The average Bonchev–Trinajstić information content (AvgIpc) is 3.03. The van der Waals surface area contributed by atoms with Gasteiger partial charge in [0.2, 0.25) is 11.6 Å². The van der Waals surface area contributed by atoms with E-state index in [9.17, 15) is 10.1 Å². The minimum absolute atomic E-state index is 0.0537. The van der Waals surface area contributed by atoms with Crippen molar-refractivity contribution in [1.29, 1.82) is 0 Å². The maximum absolute atomic E-state index is 10.9. The minimum atomic E-state index is -0.608. The Morgan fingerprint density at radius 1 is 1.26 bits per heavy atom. The third-order valence-electron chi connectivity index (χ3n) is 3.05. The van der Waals surface area contributed by atoms with Crippen LogP contribution < -0.4 is 4.74 Å². The fraction of sp³-hybridized carbons (Fsp3) is 0.133. The van der Waals surface area contributed by atoms with E-state index in [0.29, 0.717) is 11.7 Å².